The van der Waals surface area contributed by atoms with Gasteiger partial charge in [0.15, 0.2) is 0 Å². The Kier molecular flexibility index (Phi) is 16.0. The van der Waals surface area contributed by atoms with Crippen LogP contribution in [0.15, 0.2) is 0 Å². The van der Waals surface area contributed by atoms with Gasteiger partial charge in [-0.2, -0.15) is 0 Å². The van der Waals surface area contributed by atoms with Crippen molar-refractivity contribution >= 4 is 35.6 Å². The number of hydrogen-bond acceptors (Lipinski definition) is 0. The zero-order chi connectivity index (χ0) is 3.41. The molecule has 0 heterocycles. The zero-order valence-electron chi connectivity index (χ0n) is 2.16. The second kappa shape index (κ2) is 8.83. The van der Waals surface area contributed by atoms with Crippen LogP contribution in [0.25, 0.3) is 0 Å². The molecule has 0 radical (unpaired) electrons. The molecular weight excluding hydrogens is 130 g/mol. The lowest BCUT2D eigenvalue weighted by Crippen LogP contribution is -1.13. The number of rotatable bonds is 0. The molecule has 0 aliphatic carbocycles. The Morgan fingerprint density at radius 1 is 1.00 bits per heavy atom. The minimum atomic E-state index is 0. The molecule has 0 atom stereocenters. The van der Waals surface area contributed by atoms with E-state index in [0.717, 1.165) is 0 Å². The van der Waals surface area contributed by atoms with Gasteiger partial charge in [0.25, 0.3) is 0 Å². The lowest BCUT2D eigenvalue weighted by atomic mass is 11.4. The van der Waals surface area contributed by atoms with E-state index in [-0.39, 0.29) is 12.4 Å². The van der Waals surface area contributed by atoms with Crippen LogP contribution in [-0.4, -0.2) is 0 Å². The normalized spacial score (nSPS) is 2.80. The van der Waals surface area contributed by atoms with Crippen molar-refractivity contribution in [1.29, 1.82) is 0 Å². The molecule has 0 aromatic heterocycles. The summed E-state index contributed by atoms with van der Waals surface area (Å²) < 4.78 is 0. The van der Waals surface area contributed by atoms with Crippen LogP contribution in [0.2, 0.25) is 0 Å². The average Bonchev–Trinajstić information content (AvgIpc) is 1.37. The highest BCUT2D eigenvalue weighted by atomic mass is 35.5. The monoisotopic (exact) mass is 130 g/mol. The summed E-state index contributed by atoms with van der Waals surface area (Å²) in [6.07, 6.45) is 0. The topological polar surface area (TPSA) is 0 Å². The van der Waals surface area contributed by atoms with Gasteiger partial charge < -0.3 is 0 Å². The maximum atomic E-state index is 4.69. The second-order valence-electron chi connectivity index (χ2n) is 0.189. The largest absolute Gasteiger partial charge is 0.147 e. The molecule has 0 N–H and O–H groups in total. The quantitative estimate of drug-likeness (QED) is 0.440. The molecule has 0 rings (SSSR count). The molecular formula is C2HCl3. The molecule has 0 aromatic rings. The van der Waals surface area contributed by atoms with Crippen LogP contribution in [0.5, 0.6) is 0 Å². The molecule has 0 unspecified atom stereocenters. The fourth-order valence-corrected chi connectivity index (χ4v) is 0. The minimum Gasteiger partial charge on any atom is -0.147 e. The van der Waals surface area contributed by atoms with E-state index in [1.54, 1.807) is 0 Å². The molecule has 30 valence electrons. The maximum Gasteiger partial charge on any atom is 0.0216 e. The molecule has 0 amide bonds. The fourth-order valence-electron chi connectivity index (χ4n) is 0. The molecule has 0 nitrogen and oxygen atoms in total. The van der Waals surface area contributed by atoms with Crippen molar-refractivity contribution in [3.05, 3.63) is 0 Å². The number of hydrogen-bond donors (Lipinski definition) is 0. The van der Waals surface area contributed by atoms with E-state index in [1.807, 2.05) is 10.8 Å². The molecule has 0 fully saturated rings. The van der Waals surface area contributed by atoms with E-state index in [9.17, 15) is 0 Å². The summed E-state index contributed by atoms with van der Waals surface area (Å²) in [5, 5.41) is 3.84. The second-order valence-corrected chi connectivity index (χ2v) is 0.567. The Bertz CT molecular complexity index is 41.6. The van der Waals surface area contributed by atoms with Crippen molar-refractivity contribution in [2.45, 2.75) is 0 Å². The van der Waals surface area contributed by atoms with Gasteiger partial charge in [0, 0.05) is 10.8 Å². The van der Waals surface area contributed by atoms with Gasteiger partial charge in [0.2, 0.25) is 0 Å². The van der Waals surface area contributed by atoms with Crippen molar-refractivity contribution in [2.75, 3.05) is 0 Å². The van der Waals surface area contributed by atoms with E-state index in [4.69, 9.17) is 23.2 Å². The molecule has 0 aromatic carbocycles. The van der Waals surface area contributed by atoms with Gasteiger partial charge in [-0.15, -0.1) is 12.4 Å². The van der Waals surface area contributed by atoms with E-state index >= 15 is 0 Å². The predicted molar refractivity (Wildman–Crippen MR) is 26.7 cm³/mol. The van der Waals surface area contributed by atoms with Crippen LogP contribution in [-0.2, 0) is 0 Å². The minimum absolute atomic E-state index is 0. The summed E-state index contributed by atoms with van der Waals surface area (Å²) in [7, 11) is 0. The SMILES string of the molecule is Cl.ClC#CCl. The standard InChI is InChI=1S/C2Cl2.ClH/c3-1-2-4;/h;1H. The Balaban J connectivity index is 0. The molecule has 3 heteroatoms. The van der Waals surface area contributed by atoms with Gasteiger partial charge >= 0.3 is 0 Å². The third-order valence-corrected chi connectivity index (χ3v) is 0.321. The highest BCUT2D eigenvalue weighted by Gasteiger charge is 1.34. The molecule has 0 spiro atoms. The summed E-state index contributed by atoms with van der Waals surface area (Å²) in [5.74, 6) is 0. The van der Waals surface area contributed by atoms with Crippen molar-refractivity contribution < 1.29 is 0 Å². The summed E-state index contributed by atoms with van der Waals surface area (Å²) in [5.41, 5.74) is 0. The first-order chi connectivity index (χ1) is 1.91. The summed E-state index contributed by atoms with van der Waals surface area (Å²) in [4.78, 5) is 0. The molecule has 0 saturated heterocycles. The van der Waals surface area contributed by atoms with E-state index in [1.165, 1.54) is 0 Å². The van der Waals surface area contributed by atoms with Crippen LogP contribution in [0.4, 0.5) is 0 Å². The number of halogens is 3. The van der Waals surface area contributed by atoms with Gasteiger partial charge in [-0.25, -0.2) is 0 Å². The lowest BCUT2D eigenvalue weighted by molar-refractivity contribution is 2.96. The Hall–Kier alpha value is 0.430. The predicted octanol–water partition coefficient (Wildman–Crippen LogP) is 1.80. The van der Waals surface area contributed by atoms with Gasteiger partial charge in [-0.1, -0.05) is 0 Å². The summed E-state index contributed by atoms with van der Waals surface area (Å²) >= 11 is 9.39. The van der Waals surface area contributed by atoms with Crippen molar-refractivity contribution in [1.82, 2.24) is 0 Å². The highest BCUT2D eigenvalue weighted by molar-refractivity contribution is 6.38. The highest BCUT2D eigenvalue weighted by Crippen LogP contribution is 1.64. The van der Waals surface area contributed by atoms with Gasteiger partial charge in [-0.3, -0.25) is 0 Å². The Morgan fingerprint density at radius 2 is 1.20 bits per heavy atom. The smallest absolute Gasteiger partial charge is 0.0216 e. The first kappa shape index (κ1) is 9.06. The van der Waals surface area contributed by atoms with Gasteiger partial charge in [0.05, 0.1) is 0 Å². The molecule has 0 bridgehead atoms. The third-order valence-electron chi connectivity index (χ3n) is 0.0357. The van der Waals surface area contributed by atoms with Crippen LogP contribution >= 0.6 is 35.6 Å². The fraction of sp³-hybridized carbons (Fsp3) is 0. The van der Waals surface area contributed by atoms with Crippen LogP contribution in [0.1, 0.15) is 0 Å². The summed E-state index contributed by atoms with van der Waals surface area (Å²) in [6.45, 7) is 0. The van der Waals surface area contributed by atoms with Gasteiger partial charge in [-0.05, 0) is 23.2 Å². The van der Waals surface area contributed by atoms with Crippen LogP contribution in [0, 0.1) is 10.8 Å². The molecule has 0 aliphatic heterocycles. The third kappa shape index (κ3) is 12.8. The molecule has 0 aliphatic rings. The van der Waals surface area contributed by atoms with Gasteiger partial charge in [0.1, 0.15) is 0 Å². The lowest BCUT2D eigenvalue weighted by Gasteiger charge is -1.32. The Morgan fingerprint density at radius 3 is 1.20 bits per heavy atom. The first-order valence-corrected chi connectivity index (χ1v) is 1.38. The van der Waals surface area contributed by atoms with Crippen LogP contribution in [0.3, 0.4) is 0 Å². The summed E-state index contributed by atoms with van der Waals surface area (Å²) in [6, 6.07) is 0. The average molecular weight is 131 g/mol. The Labute approximate surface area is 46.9 Å². The van der Waals surface area contributed by atoms with E-state index < -0.39 is 0 Å². The van der Waals surface area contributed by atoms with Crippen molar-refractivity contribution in [3.8, 4) is 10.8 Å². The van der Waals surface area contributed by atoms with E-state index in [2.05, 4.69) is 0 Å². The first-order valence-electron chi connectivity index (χ1n) is 0.628. The van der Waals surface area contributed by atoms with E-state index in [0.29, 0.717) is 0 Å². The van der Waals surface area contributed by atoms with Crippen molar-refractivity contribution in [3.63, 3.8) is 0 Å². The molecule has 5 heavy (non-hydrogen) atoms. The maximum absolute atomic E-state index is 4.69. The van der Waals surface area contributed by atoms with Crippen molar-refractivity contribution in [2.24, 2.45) is 0 Å². The van der Waals surface area contributed by atoms with Crippen LogP contribution < -0.4 is 0 Å². The molecule has 0 saturated carbocycles. The zero-order valence-corrected chi connectivity index (χ0v) is 4.49.